The van der Waals surface area contributed by atoms with Crippen LogP contribution in [0.3, 0.4) is 0 Å². The predicted molar refractivity (Wildman–Crippen MR) is 33.5 cm³/mol. The minimum absolute atomic E-state index is 1.44. The summed E-state index contributed by atoms with van der Waals surface area (Å²) in [6, 6.07) is 0. The molecule has 0 aliphatic rings. The van der Waals surface area contributed by atoms with E-state index in [1.807, 2.05) is 0 Å². The van der Waals surface area contributed by atoms with E-state index < -0.39 is 15.0 Å². The van der Waals surface area contributed by atoms with Crippen molar-refractivity contribution in [2.75, 3.05) is 0 Å². The van der Waals surface area contributed by atoms with E-state index in [-0.39, 0.29) is 0 Å². The van der Waals surface area contributed by atoms with Gasteiger partial charge in [0.2, 0.25) is 0 Å². The molecule has 0 nitrogen and oxygen atoms in total. The number of hydrogen-bond acceptors (Lipinski definition) is 0. The van der Waals surface area contributed by atoms with Gasteiger partial charge in [-0.1, -0.05) is 0 Å². The van der Waals surface area contributed by atoms with Crippen LogP contribution in [0.4, 0.5) is 0 Å². The fourth-order valence-corrected chi connectivity index (χ4v) is 0. The van der Waals surface area contributed by atoms with Crippen LogP contribution >= 0.6 is 26.8 Å². The molecule has 0 N–H and O–H groups in total. The van der Waals surface area contributed by atoms with Gasteiger partial charge in [-0.3, -0.25) is 0 Å². The summed E-state index contributed by atoms with van der Waals surface area (Å²) in [6.45, 7) is 3.33. The van der Waals surface area contributed by atoms with Crippen molar-refractivity contribution in [2.45, 2.75) is 0 Å². The molecular formula is C2H3Cl3Sn. The quantitative estimate of drug-likeness (QED) is 0.628. The van der Waals surface area contributed by atoms with E-state index in [4.69, 9.17) is 26.8 Å². The Hall–Kier alpha value is 1.41. The summed E-state index contributed by atoms with van der Waals surface area (Å²) < 4.78 is 1.44. The van der Waals surface area contributed by atoms with Gasteiger partial charge in [0.05, 0.1) is 0 Å². The molecule has 36 valence electrons. The van der Waals surface area contributed by atoms with E-state index in [0.717, 1.165) is 0 Å². The van der Waals surface area contributed by atoms with Crippen LogP contribution < -0.4 is 0 Å². The van der Waals surface area contributed by atoms with Crippen molar-refractivity contribution >= 4 is 41.8 Å². The molecule has 0 atom stereocenters. The Morgan fingerprint density at radius 2 is 1.50 bits per heavy atom. The first-order valence-corrected chi connectivity index (χ1v) is 13.8. The molecule has 0 aromatic heterocycles. The average Bonchev–Trinajstić information content (AvgIpc) is 1.35. The Morgan fingerprint density at radius 3 is 1.50 bits per heavy atom. The van der Waals surface area contributed by atoms with Crippen molar-refractivity contribution in [1.82, 2.24) is 0 Å². The molecule has 0 spiro atoms. The molecule has 0 amide bonds. The summed E-state index contributed by atoms with van der Waals surface area (Å²) in [5.74, 6) is 0. The first-order chi connectivity index (χ1) is 2.56. The predicted octanol–water partition coefficient (Wildman–Crippen LogP) is 2.37. The summed E-state index contributed by atoms with van der Waals surface area (Å²) >= 11 is -3.05. The van der Waals surface area contributed by atoms with Crippen molar-refractivity contribution in [1.29, 1.82) is 0 Å². The molecule has 0 saturated heterocycles. The molecule has 0 aromatic carbocycles. The molecule has 6 heavy (non-hydrogen) atoms. The molecule has 0 aliphatic heterocycles. The molecule has 4 heteroatoms. The van der Waals surface area contributed by atoms with Crippen LogP contribution in [0.1, 0.15) is 0 Å². The van der Waals surface area contributed by atoms with Gasteiger partial charge in [-0.2, -0.15) is 0 Å². The molecule has 0 aromatic rings. The fraction of sp³-hybridized carbons (Fsp3) is 0. The third kappa shape index (κ3) is 5.41. The molecule has 0 heterocycles. The summed E-state index contributed by atoms with van der Waals surface area (Å²) in [5, 5.41) is 0. The van der Waals surface area contributed by atoms with Gasteiger partial charge in [0, 0.05) is 0 Å². The zero-order chi connectivity index (χ0) is 5.21. The molecule has 0 bridgehead atoms. The fourth-order valence-electron chi connectivity index (χ4n) is 0. The van der Waals surface area contributed by atoms with Gasteiger partial charge >= 0.3 is 52.4 Å². The molecular weight excluding hydrogens is 249 g/mol. The van der Waals surface area contributed by atoms with Gasteiger partial charge in [-0.05, 0) is 0 Å². The normalized spacial score (nSPS) is 11.2. The standard InChI is InChI=1S/C2H3.3ClH.Sn/c1-2;;;;/h1H,2H2;3*1H;/q;;;;+3/p-3. The number of hydrogen-bond donors (Lipinski definition) is 0. The van der Waals surface area contributed by atoms with E-state index in [2.05, 4.69) is 6.58 Å². The molecule has 0 fully saturated rings. The second-order valence-corrected chi connectivity index (χ2v) is 20.9. The topological polar surface area (TPSA) is 0 Å². The molecule has 0 radical (unpaired) electrons. The first-order valence-electron chi connectivity index (χ1n) is 1.26. The van der Waals surface area contributed by atoms with Gasteiger partial charge in [0.25, 0.3) is 0 Å². The van der Waals surface area contributed by atoms with E-state index in [0.29, 0.717) is 0 Å². The van der Waals surface area contributed by atoms with Crippen LogP contribution in [0.25, 0.3) is 0 Å². The van der Waals surface area contributed by atoms with E-state index in [9.17, 15) is 0 Å². The zero-order valence-electron chi connectivity index (χ0n) is 2.92. The molecule has 0 rings (SSSR count). The van der Waals surface area contributed by atoms with Gasteiger partial charge in [0.1, 0.15) is 0 Å². The second kappa shape index (κ2) is 2.65. The Bertz CT molecular complexity index is 54.3. The average molecular weight is 252 g/mol. The SMILES string of the molecule is C=[CH][Sn]([Cl])([Cl])[Cl]. The van der Waals surface area contributed by atoms with Crippen LogP contribution in [0, 0.1) is 0 Å². The third-order valence-corrected chi connectivity index (χ3v) is 4.66. The van der Waals surface area contributed by atoms with Crippen molar-refractivity contribution in [3.05, 3.63) is 10.7 Å². The molecule has 0 aliphatic carbocycles. The maximum atomic E-state index is 5.34. The monoisotopic (exact) mass is 252 g/mol. The van der Waals surface area contributed by atoms with E-state index in [1.165, 1.54) is 4.09 Å². The van der Waals surface area contributed by atoms with Gasteiger partial charge in [-0.25, -0.2) is 0 Å². The van der Waals surface area contributed by atoms with E-state index in [1.54, 1.807) is 0 Å². The van der Waals surface area contributed by atoms with Crippen molar-refractivity contribution in [2.24, 2.45) is 0 Å². The van der Waals surface area contributed by atoms with E-state index >= 15 is 0 Å². The van der Waals surface area contributed by atoms with Gasteiger partial charge < -0.3 is 0 Å². The van der Waals surface area contributed by atoms with Crippen LogP contribution in [0.5, 0.6) is 0 Å². The zero-order valence-corrected chi connectivity index (χ0v) is 8.04. The number of rotatable bonds is 1. The first kappa shape index (κ1) is 7.41. The Balaban J connectivity index is 3.45. The van der Waals surface area contributed by atoms with Crippen molar-refractivity contribution in [3.63, 3.8) is 0 Å². The molecule has 0 unspecified atom stereocenters. The Morgan fingerprint density at radius 1 is 1.33 bits per heavy atom. The van der Waals surface area contributed by atoms with Gasteiger partial charge in [-0.15, -0.1) is 0 Å². The van der Waals surface area contributed by atoms with Gasteiger partial charge in [0.15, 0.2) is 0 Å². The second-order valence-electron chi connectivity index (χ2n) is 0.746. The maximum absolute atomic E-state index is 5.34. The Kier molecular flexibility index (Phi) is 3.27. The van der Waals surface area contributed by atoms with Crippen molar-refractivity contribution in [3.8, 4) is 0 Å². The summed E-state index contributed by atoms with van der Waals surface area (Å²) in [4.78, 5) is 0. The van der Waals surface area contributed by atoms with Crippen molar-refractivity contribution < 1.29 is 0 Å². The summed E-state index contributed by atoms with van der Waals surface area (Å²) in [6.07, 6.45) is 0. The molecule has 0 saturated carbocycles. The summed E-state index contributed by atoms with van der Waals surface area (Å²) in [7, 11) is 16.0. The Labute approximate surface area is 52.1 Å². The summed E-state index contributed by atoms with van der Waals surface area (Å²) in [5.41, 5.74) is 0. The number of halogens is 3. The van der Waals surface area contributed by atoms with Crippen LogP contribution in [-0.2, 0) is 0 Å². The minimum atomic E-state index is -3.05. The van der Waals surface area contributed by atoms with Crippen LogP contribution in [-0.4, -0.2) is 15.0 Å². The van der Waals surface area contributed by atoms with Crippen LogP contribution in [0.2, 0.25) is 0 Å². The van der Waals surface area contributed by atoms with Crippen LogP contribution in [0.15, 0.2) is 10.7 Å². The third-order valence-electron chi connectivity index (χ3n) is 0.231.